The summed E-state index contributed by atoms with van der Waals surface area (Å²) in [6, 6.07) is -0.535. The summed E-state index contributed by atoms with van der Waals surface area (Å²) in [5, 5.41) is 14.9. The zero-order chi connectivity index (χ0) is 15.3. The highest BCUT2D eigenvalue weighted by Crippen LogP contribution is 2.23. The van der Waals surface area contributed by atoms with Crippen molar-refractivity contribution in [3.8, 4) is 0 Å². The Labute approximate surface area is 122 Å². The average molecular weight is 299 g/mol. The summed E-state index contributed by atoms with van der Waals surface area (Å²) in [5.74, 6) is -1.03. The lowest BCUT2D eigenvalue weighted by atomic mass is 9.93. The largest absolute Gasteiger partial charge is 0.480 e. The standard InChI is InChI=1S/C13H21N3O3S/c1-5-9-8(4)20-12(14-9)15-11(19)16-13(6-2,7-3)10(17)18/h5-7H2,1-4H3,(H,17,18)(H2,14,15,16,19). The van der Waals surface area contributed by atoms with Crippen LogP contribution in [0.3, 0.4) is 0 Å². The van der Waals surface area contributed by atoms with E-state index in [0.717, 1.165) is 17.0 Å². The molecule has 1 heterocycles. The molecule has 112 valence electrons. The number of amides is 2. The number of anilines is 1. The number of hydrogen-bond donors (Lipinski definition) is 3. The van der Waals surface area contributed by atoms with Gasteiger partial charge in [-0.3, -0.25) is 5.32 Å². The molecule has 0 fully saturated rings. The molecule has 7 heteroatoms. The molecule has 2 amide bonds. The summed E-state index contributed by atoms with van der Waals surface area (Å²) < 4.78 is 0. The number of rotatable bonds is 6. The molecule has 0 atom stereocenters. The van der Waals surface area contributed by atoms with Crippen LogP contribution in [0.2, 0.25) is 0 Å². The molecule has 0 spiro atoms. The summed E-state index contributed by atoms with van der Waals surface area (Å²) in [6.07, 6.45) is 1.45. The van der Waals surface area contributed by atoms with Crippen LogP contribution in [0.15, 0.2) is 0 Å². The molecular weight excluding hydrogens is 278 g/mol. The molecule has 6 nitrogen and oxygen atoms in total. The first kappa shape index (κ1) is 16.4. The van der Waals surface area contributed by atoms with E-state index in [1.807, 2.05) is 13.8 Å². The Balaban J connectivity index is 2.78. The van der Waals surface area contributed by atoms with Gasteiger partial charge in [-0.15, -0.1) is 11.3 Å². The minimum Gasteiger partial charge on any atom is -0.480 e. The summed E-state index contributed by atoms with van der Waals surface area (Å²) in [4.78, 5) is 28.6. The number of nitrogens with zero attached hydrogens (tertiary/aromatic N) is 1. The highest BCUT2D eigenvalue weighted by Gasteiger charge is 2.36. The number of thiazole rings is 1. The molecule has 0 unspecified atom stereocenters. The van der Waals surface area contributed by atoms with E-state index in [1.54, 1.807) is 13.8 Å². The molecule has 0 aliphatic carbocycles. The van der Waals surface area contributed by atoms with Gasteiger partial charge in [0.1, 0.15) is 5.54 Å². The second-order valence-corrected chi connectivity index (χ2v) is 5.75. The molecular formula is C13H21N3O3S. The third-order valence-corrected chi connectivity index (χ3v) is 4.35. The van der Waals surface area contributed by atoms with Gasteiger partial charge in [0.2, 0.25) is 0 Å². The molecule has 0 radical (unpaired) electrons. The maximum Gasteiger partial charge on any atom is 0.329 e. The Morgan fingerprint density at radius 3 is 2.30 bits per heavy atom. The van der Waals surface area contributed by atoms with E-state index in [0.29, 0.717) is 18.0 Å². The van der Waals surface area contributed by atoms with E-state index >= 15 is 0 Å². The second kappa shape index (κ2) is 6.69. The number of carbonyl (C=O) groups is 2. The van der Waals surface area contributed by atoms with Crippen LogP contribution in [-0.4, -0.2) is 27.6 Å². The van der Waals surface area contributed by atoms with Crippen molar-refractivity contribution in [2.45, 2.75) is 52.5 Å². The number of hydrogen-bond acceptors (Lipinski definition) is 4. The average Bonchev–Trinajstić information content (AvgIpc) is 2.75. The molecule has 0 saturated carbocycles. The molecule has 0 bridgehead atoms. The van der Waals surface area contributed by atoms with Gasteiger partial charge in [0.05, 0.1) is 5.69 Å². The van der Waals surface area contributed by atoms with E-state index in [2.05, 4.69) is 15.6 Å². The third kappa shape index (κ3) is 3.47. The number of carboxylic acid groups (broad SMARTS) is 1. The number of nitrogens with one attached hydrogen (secondary N) is 2. The molecule has 0 saturated heterocycles. The van der Waals surface area contributed by atoms with Gasteiger partial charge in [-0.25, -0.2) is 14.6 Å². The molecule has 0 aliphatic rings. The van der Waals surface area contributed by atoms with Crippen LogP contribution in [0.1, 0.15) is 44.2 Å². The van der Waals surface area contributed by atoms with Crippen molar-refractivity contribution in [3.63, 3.8) is 0 Å². The zero-order valence-corrected chi connectivity index (χ0v) is 13.1. The maximum atomic E-state index is 11.9. The van der Waals surface area contributed by atoms with Crippen molar-refractivity contribution < 1.29 is 14.7 Å². The molecule has 1 rings (SSSR count). The molecule has 20 heavy (non-hydrogen) atoms. The fourth-order valence-corrected chi connectivity index (χ4v) is 2.84. The Morgan fingerprint density at radius 1 is 1.30 bits per heavy atom. The van der Waals surface area contributed by atoms with Crippen molar-refractivity contribution in [3.05, 3.63) is 10.6 Å². The molecule has 1 aromatic heterocycles. The summed E-state index contributed by atoms with van der Waals surface area (Å²) in [6.45, 7) is 7.41. The highest BCUT2D eigenvalue weighted by molar-refractivity contribution is 7.15. The minimum absolute atomic E-state index is 0.323. The number of aryl methyl sites for hydroxylation is 2. The number of aliphatic carboxylic acids is 1. The van der Waals surface area contributed by atoms with Crippen molar-refractivity contribution in [2.75, 3.05) is 5.32 Å². The fourth-order valence-electron chi connectivity index (χ4n) is 1.94. The van der Waals surface area contributed by atoms with Gasteiger partial charge in [-0.05, 0) is 26.2 Å². The van der Waals surface area contributed by atoms with Crippen LogP contribution < -0.4 is 10.6 Å². The van der Waals surface area contributed by atoms with Gasteiger partial charge in [-0.1, -0.05) is 20.8 Å². The molecule has 3 N–H and O–H groups in total. The SMILES string of the molecule is CCc1nc(NC(=O)NC(CC)(CC)C(=O)O)sc1C. The first-order valence-corrected chi connectivity index (χ1v) is 7.49. The summed E-state index contributed by atoms with van der Waals surface area (Å²) >= 11 is 1.39. The van der Waals surface area contributed by atoms with Gasteiger partial charge in [-0.2, -0.15) is 0 Å². The van der Waals surface area contributed by atoms with E-state index in [4.69, 9.17) is 0 Å². The van der Waals surface area contributed by atoms with Crippen molar-refractivity contribution in [1.29, 1.82) is 0 Å². The smallest absolute Gasteiger partial charge is 0.329 e. The first-order valence-electron chi connectivity index (χ1n) is 6.67. The van der Waals surface area contributed by atoms with E-state index in [9.17, 15) is 14.7 Å². The normalized spacial score (nSPS) is 11.2. The van der Waals surface area contributed by atoms with Crippen LogP contribution in [-0.2, 0) is 11.2 Å². The quantitative estimate of drug-likeness (QED) is 0.753. The predicted octanol–water partition coefficient (Wildman–Crippen LogP) is 2.78. The summed E-state index contributed by atoms with van der Waals surface area (Å²) in [7, 11) is 0. The highest BCUT2D eigenvalue weighted by atomic mass is 32.1. The molecule has 0 aliphatic heterocycles. The Hall–Kier alpha value is -1.63. The minimum atomic E-state index is -1.23. The topological polar surface area (TPSA) is 91.3 Å². The van der Waals surface area contributed by atoms with E-state index in [-0.39, 0.29) is 0 Å². The van der Waals surface area contributed by atoms with Crippen molar-refractivity contribution in [1.82, 2.24) is 10.3 Å². The van der Waals surface area contributed by atoms with Gasteiger partial charge < -0.3 is 10.4 Å². The fraction of sp³-hybridized carbons (Fsp3) is 0.615. The lowest BCUT2D eigenvalue weighted by Crippen LogP contribution is -2.54. The van der Waals surface area contributed by atoms with Crippen molar-refractivity contribution >= 4 is 28.5 Å². The van der Waals surface area contributed by atoms with E-state index < -0.39 is 17.5 Å². The zero-order valence-electron chi connectivity index (χ0n) is 12.2. The van der Waals surface area contributed by atoms with Gasteiger partial charge in [0.25, 0.3) is 0 Å². The van der Waals surface area contributed by atoms with E-state index in [1.165, 1.54) is 11.3 Å². The van der Waals surface area contributed by atoms with Crippen LogP contribution in [0.5, 0.6) is 0 Å². The lowest BCUT2D eigenvalue weighted by molar-refractivity contribution is -0.144. The lowest BCUT2D eigenvalue weighted by Gasteiger charge is -2.27. The maximum absolute atomic E-state index is 11.9. The Kier molecular flexibility index (Phi) is 5.50. The number of urea groups is 1. The number of carboxylic acids is 1. The Morgan fingerprint density at radius 2 is 1.90 bits per heavy atom. The van der Waals surface area contributed by atoms with Crippen LogP contribution in [0.4, 0.5) is 9.93 Å². The van der Waals surface area contributed by atoms with Crippen molar-refractivity contribution in [2.24, 2.45) is 0 Å². The first-order chi connectivity index (χ1) is 9.38. The third-order valence-electron chi connectivity index (χ3n) is 3.42. The molecule has 1 aromatic rings. The summed E-state index contributed by atoms with van der Waals surface area (Å²) in [5.41, 5.74) is -0.287. The number of carbonyl (C=O) groups excluding carboxylic acids is 1. The van der Waals surface area contributed by atoms with Gasteiger partial charge in [0.15, 0.2) is 5.13 Å². The predicted molar refractivity (Wildman–Crippen MR) is 79.3 cm³/mol. The van der Waals surface area contributed by atoms with Crippen LogP contribution in [0.25, 0.3) is 0 Å². The number of aromatic nitrogens is 1. The van der Waals surface area contributed by atoms with Crippen LogP contribution >= 0.6 is 11.3 Å². The molecule has 0 aromatic carbocycles. The van der Waals surface area contributed by atoms with Gasteiger partial charge in [0, 0.05) is 4.88 Å². The Bertz CT molecular complexity index is 495. The second-order valence-electron chi connectivity index (χ2n) is 4.55. The van der Waals surface area contributed by atoms with Crippen LogP contribution in [0, 0.1) is 6.92 Å². The van der Waals surface area contributed by atoms with Gasteiger partial charge >= 0.3 is 12.0 Å². The monoisotopic (exact) mass is 299 g/mol.